The fraction of sp³-hybridized carbons (Fsp3) is 0.435. The Balaban J connectivity index is 0. The van der Waals surface area contributed by atoms with Gasteiger partial charge in [0.2, 0.25) is 0 Å². The van der Waals surface area contributed by atoms with Crippen molar-refractivity contribution in [3.05, 3.63) is 55.1 Å². The number of benzene rings is 1. The number of aryl methyl sites for hydroxylation is 1. The number of anilines is 1. The van der Waals surface area contributed by atoms with Gasteiger partial charge in [-0.15, -0.1) is 11.7 Å². The summed E-state index contributed by atoms with van der Waals surface area (Å²) in [5.41, 5.74) is 2.47. The molecule has 0 amide bonds. The summed E-state index contributed by atoms with van der Waals surface area (Å²) in [6.45, 7) is 16.9. The second-order valence-corrected chi connectivity index (χ2v) is 6.34. The lowest BCUT2D eigenvalue weighted by Gasteiger charge is -2.29. The number of halogens is 1. The second kappa shape index (κ2) is 20.0. The molecule has 0 saturated carbocycles. The zero-order chi connectivity index (χ0) is 22.5. The van der Waals surface area contributed by atoms with Crippen molar-refractivity contribution in [2.24, 2.45) is 10.2 Å². The van der Waals surface area contributed by atoms with Crippen LogP contribution in [-0.2, 0) is 0 Å². The zero-order valence-electron chi connectivity index (χ0n) is 18.5. The van der Waals surface area contributed by atoms with Gasteiger partial charge in [-0.05, 0) is 51.3 Å². The molecule has 1 aromatic rings. The van der Waals surface area contributed by atoms with Crippen LogP contribution in [0.15, 0.2) is 59.8 Å². The summed E-state index contributed by atoms with van der Waals surface area (Å²) in [7, 11) is 1.93. The SMILES string of the molecule is C=CC=N.C=CCCCN(/C(CCF)=N\N=C)C(C)C.CNc1cccc(C)c1. The zero-order valence-corrected chi connectivity index (χ0v) is 18.5. The minimum absolute atomic E-state index is 0.289. The molecule has 2 N–H and O–H groups in total. The van der Waals surface area contributed by atoms with E-state index in [9.17, 15) is 4.39 Å². The molecule has 0 saturated heterocycles. The van der Waals surface area contributed by atoms with Crippen molar-refractivity contribution in [2.75, 3.05) is 25.6 Å². The molecule has 1 rings (SSSR count). The maximum absolute atomic E-state index is 12.4. The summed E-state index contributed by atoms with van der Waals surface area (Å²) in [4.78, 5) is 2.07. The smallest absolute Gasteiger partial charge is 0.130 e. The van der Waals surface area contributed by atoms with Crippen molar-refractivity contribution < 1.29 is 4.39 Å². The first kappa shape index (κ1) is 28.4. The van der Waals surface area contributed by atoms with Crippen LogP contribution < -0.4 is 5.32 Å². The Kier molecular flexibility index (Phi) is 19.6. The number of hydrogen-bond donors (Lipinski definition) is 2. The van der Waals surface area contributed by atoms with Crippen LogP contribution in [0.25, 0.3) is 0 Å². The summed E-state index contributed by atoms with van der Waals surface area (Å²) in [5, 5.41) is 16.7. The molecule has 0 unspecified atom stereocenters. The van der Waals surface area contributed by atoms with Crippen molar-refractivity contribution in [3.63, 3.8) is 0 Å². The number of rotatable bonds is 10. The van der Waals surface area contributed by atoms with Crippen LogP contribution in [0.3, 0.4) is 0 Å². The molecular formula is C23H38FN5. The van der Waals surface area contributed by atoms with E-state index in [-0.39, 0.29) is 6.04 Å². The van der Waals surface area contributed by atoms with Gasteiger partial charge < -0.3 is 15.6 Å². The summed E-state index contributed by atoms with van der Waals surface area (Å²) in [5.74, 6) is 0.677. The number of nitrogens with zero attached hydrogens (tertiary/aromatic N) is 3. The molecule has 0 bridgehead atoms. The molecule has 0 heterocycles. The van der Waals surface area contributed by atoms with Gasteiger partial charge in [-0.3, -0.25) is 4.39 Å². The van der Waals surface area contributed by atoms with Crippen LogP contribution in [0.1, 0.15) is 38.7 Å². The average Bonchev–Trinajstić information content (AvgIpc) is 2.71. The molecular weight excluding hydrogens is 365 g/mol. The molecule has 0 aliphatic carbocycles. The van der Waals surface area contributed by atoms with Gasteiger partial charge in [-0.2, -0.15) is 5.10 Å². The first-order chi connectivity index (χ1) is 13.9. The van der Waals surface area contributed by atoms with E-state index >= 15 is 0 Å². The lowest BCUT2D eigenvalue weighted by molar-refractivity contribution is 0.332. The Bertz CT molecular complexity index is 605. The van der Waals surface area contributed by atoms with Gasteiger partial charge in [-0.25, -0.2) is 0 Å². The van der Waals surface area contributed by atoms with Crippen LogP contribution in [0.2, 0.25) is 0 Å². The van der Waals surface area contributed by atoms with Gasteiger partial charge >= 0.3 is 0 Å². The van der Waals surface area contributed by atoms with E-state index in [1.54, 1.807) is 0 Å². The largest absolute Gasteiger partial charge is 0.388 e. The van der Waals surface area contributed by atoms with Crippen LogP contribution >= 0.6 is 0 Å². The summed E-state index contributed by atoms with van der Waals surface area (Å²) >= 11 is 0. The molecule has 0 spiro atoms. The lowest BCUT2D eigenvalue weighted by atomic mass is 10.2. The molecule has 0 radical (unpaired) electrons. The summed E-state index contributed by atoms with van der Waals surface area (Å²) < 4.78 is 12.4. The minimum atomic E-state index is -0.418. The molecule has 0 aliphatic heterocycles. The van der Waals surface area contributed by atoms with E-state index in [0.717, 1.165) is 25.6 Å². The fourth-order valence-corrected chi connectivity index (χ4v) is 2.31. The monoisotopic (exact) mass is 403 g/mol. The Hall–Kier alpha value is -2.76. The van der Waals surface area contributed by atoms with Crippen molar-refractivity contribution >= 4 is 24.5 Å². The first-order valence-electron chi connectivity index (χ1n) is 9.73. The predicted octanol–water partition coefficient (Wildman–Crippen LogP) is 5.90. The quantitative estimate of drug-likeness (QED) is 0.168. The minimum Gasteiger partial charge on any atom is -0.388 e. The number of hydrogen-bond acceptors (Lipinski definition) is 4. The van der Waals surface area contributed by atoms with E-state index in [1.807, 2.05) is 25.3 Å². The number of unbranched alkanes of at least 4 members (excludes halogenated alkanes) is 1. The Morgan fingerprint density at radius 1 is 1.34 bits per heavy atom. The summed E-state index contributed by atoms with van der Waals surface area (Å²) in [6, 6.07) is 8.58. The van der Waals surface area contributed by atoms with Gasteiger partial charge in [0.25, 0.3) is 0 Å². The van der Waals surface area contributed by atoms with Crippen molar-refractivity contribution in [3.8, 4) is 0 Å². The Morgan fingerprint density at radius 2 is 2.00 bits per heavy atom. The van der Waals surface area contributed by atoms with Crippen molar-refractivity contribution in [2.45, 2.75) is 46.1 Å². The van der Waals surface area contributed by atoms with E-state index in [4.69, 9.17) is 5.41 Å². The van der Waals surface area contributed by atoms with Gasteiger partial charge in [0, 0.05) is 44.7 Å². The predicted molar refractivity (Wildman–Crippen MR) is 129 cm³/mol. The summed E-state index contributed by atoms with van der Waals surface area (Å²) in [6.07, 6.45) is 6.68. The second-order valence-electron chi connectivity index (χ2n) is 6.34. The van der Waals surface area contributed by atoms with E-state index < -0.39 is 6.67 Å². The van der Waals surface area contributed by atoms with Crippen molar-refractivity contribution in [1.29, 1.82) is 5.41 Å². The third kappa shape index (κ3) is 15.9. The van der Waals surface area contributed by atoms with E-state index in [1.165, 1.54) is 17.3 Å². The third-order valence-electron chi connectivity index (χ3n) is 3.69. The van der Waals surface area contributed by atoms with Crippen molar-refractivity contribution in [1.82, 2.24) is 4.90 Å². The lowest BCUT2D eigenvalue weighted by Crippen LogP contribution is -2.38. The first-order valence-corrected chi connectivity index (χ1v) is 9.73. The molecule has 6 heteroatoms. The maximum atomic E-state index is 12.4. The third-order valence-corrected chi connectivity index (χ3v) is 3.69. The van der Waals surface area contributed by atoms with Gasteiger partial charge in [-0.1, -0.05) is 30.9 Å². The van der Waals surface area contributed by atoms with Crippen LogP contribution in [0.5, 0.6) is 0 Å². The van der Waals surface area contributed by atoms with E-state index in [0.29, 0.717) is 12.3 Å². The Morgan fingerprint density at radius 3 is 2.38 bits per heavy atom. The number of amidine groups is 1. The van der Waals surface area contributed by atoms with Gasteiger partial charge in [0.1, 0.15) is 5.84 Å². The molecule has 29 heavy (non-hydrogen) atoms. The van der Waals surface area contributed by atoms with Gasteiger partial charge in [0.05, 0.1) is 6.67 Å². The highest BCUT2D eigenvalue weighted by Crippen LogP contribution is 2.08. The van der Waals surface area contributed by atoms with Gasteiger partial charge in [0.15, 0.2) is 0 Å². The highest BCUT2D eigenvalue weighted by Gasteiger charge is 2.14. The standard InChI is InChI=1S/C12H22FN3.C8H11N.C3H5N/c1-5-6-7-10-16(11(2)3)12(8-9-13)15-14-4;1-7-4-3-5-8(6-7)9-2;1-2-3-4/h5,11H,1,4,6-10H2,2-3H3;3-6,9H,1-2H3;2-4H,1H2/b15-12-;;. The number of allylic oxidation sites excluding steroid dienone is 2. The van der Waals surface area contributed by atoms with Crippen LogP contribution in [0, 0.1) is 12.3 Å². The molecule has 0 aromatic heterocycles. The normalized spacial score (nSPS) is 9.93. The average molecular weight is 404 g/mol. The Labute approximate surface area is 176 Å². The maximum Gasteiger partial charge on any atom is 0.130 e. The molecule has 5 nitrogen and oxygen atoms in total. The van der Waals surface area contributed by atoms with Crippen LogP contribution in [-0.4, -0.2) is 50.0 Å². The van der Waals surface area contributed by atoms with E-state index in [2.05, 4.69) is 73.2 Å². The molecule has 1 aromatic carbocycles. The highest BCUT2D eigenvalue weighted by atomic mass is 19.1. The van der Waals surface area contributed by atoms with Crippen LogP contribution in [0.4, 0.5) is 10.1 Å². The molecule has 0 atom stereocenters. The topological polar surface area (TPSA) is 63.8 Å². The number of nitrogens with one attached hydrogen (secondary N) is 2. The molecule has 162 valence electrons. The fourth-order valence-electron chi connectivity index (χ4n) is 2.31. The highest BCUT2D eigenvalue weighted by molar-refractivity contribution is 5.82. The molecule has 0 aliphatic rings. The molecule has 0 fully saturated rings. The number of alkyl halides is 1.